The Bertz CT molecular complexity index is 298. The van der Waals surface area contributed by atoms with Crippen molar-refractivity contribution >= 4 is 0 Å². The first-order valence-corrected chi connectivity index (χ1v) is 9.05. The molecule has 3 aliphatic heterocycles. The van der Waals surface area contributed by atoms with E-state index in [1.807, 2.05) is 0 Å². The van der Waals surface area contributed by atoms with Crippen molar-refractivity contribution in [1.29, 1.82) is 0 Å². The number of nitrogens with zero attached hydrogens (tertiary/aromatic N) is 2. The molecule has 3 rings (SSSR count). The van der Waals surface area contributed by atoms with Crippen molar-refractivity contribution in [2.24, 2.45) is 11.8 Å². The predicted molar refractivity (Wildman–Crippen MR) is 86.6 cm³/mol. The van der Waals surface area contributed by atoms with Crippen LogP contribution in [-0.2, 0) is 4.74 Å². The van der Waals surface area contributed by atoms with Crippen molar-refractivity contribution < 1.29 is 4.74 Å². The lowest BCUT2D eigenvalue weighted by molar-refractivity contribution is 0.0126. The van der Waals surface area contributed by atoms with Crippen molar-refractivity contribution in [2.45, 2.75) is 38.1 Å². The van der Waals surface area contributed by atoms with Gasteiger partial charge in [0.2, 0.25) is 0 Å². The standard InChI is InChI=1S/C17H33N3O/c1-18-17-6-11-21-14-16(17)13-20-9-4-15(5-10-20)12-19-7-2-3-8-19/h15-18H,2-14H2,1H3. The zero-order chi connectivity index (χ0) is 14.5. The molecule has 3 saturated heterocycles. The van der Waals surface area contributed by atoms with Gasteiger partial charge in [0.25, 0.3) is 0 Å². The molecule has 3 fully saturated rings. The Kier molecular flexibility index (Phi) is 5.92. The Hall–Kier alpha value is -0.160. The SMILES string of the molecule is CNC1CCOCC1CN1CCC(CN2CCCC2)CC1. The van der Waals surface area contributed by atoms with Crippen LogP contribution in [0, 0.1) is 11.8 Å². The van der Waals surface area contributed by atoms with Crippen LogP contribution in [-0.4, -0.2) is 75.4 Å². The average molecular weight is 295 g/mol. The summed E-state index contributed by atoms with van der Waals surface area (Å²) in [4.78, 5) is 5.37. The number of ether oxygens (including phenoxy) is 1. The highest BCUT2D eigenvalue weighted by atomic mass is 16.5. The van der Waals surface area contributed by atoms with Gasteiger partial charge in [-0.3, -0.25) is 0 Å². The first-order valence-electron chi connectivity index (χ1n) is 9.05. The fourth-order valence-electron chi connectivity index (χ4n) is 4.37. The Balaban J connectivity index is 1.38. The third kappa shape index (κ3) is 4.41. The number of rotatable bonds is 5. The van der Waals surface area contributed by atoms with Gasteiger partial charge in [-0.05, 0) is 71.2 Å². The highest BCUT2D eigenvalue weighted by Gasteiger charge is 2.29. The van der Waals surface area contributed by atoms with Crippen LogP contribution in [0.5, 0.6) is 0 Å². The summed E-state index contributed by atoms with van der Waals surface area (Å²) < 4.78 is 5.69. The monoisotopic (exact) mass is 295 g/mol. The smallest absolute Gasteiger partial charge is 0.0521 e. The zero-order valence-electron chi connectivity index (χ0n) is 13.7. The second-order valence-corrected chi connectivity index (χ2v) is 7.27. The minimum absolute atomic E-state index is 0.654. The van der Waals surface area contributed by atoms with Crippen LogP contribution in [0.1, 0.15) is 32.1 Å². The molecule has 21 heavy (non-hydrogen) atoms. The van der Waals surface area contributed by atoms with Crippen LogP contribution < -0.4 is 5.32 Å². The Morgan fingerprint density at radius 2 is 1.67 bits per heavy atom. The molecule has 0 aliphatic carbocycles. The van der Waals surface area contributed by atoms with Gasteiger partial charge in [-0.25, -0.2) is 0 Å². The third-order valence-electron chi connectivity index (χ3n) is 5.76. The molecule has 1 N–H and O–H groups in total. The lowest BCUT2D eigenvalue weighted by Crippen LogP contribution is -2.48. The molecule has 0 aromatic heterocycles. The van der Waals surface area contributed by atoms with E-state index in [4.69, 9.17) is 4.74 Å². The number of hydrogen-bond donors (Lipinski definition) is 1. The molecular formula is C17H33N3O. The zero-order valence-corrected chi connectivity index (χ0v) is 13.7. The Labute approximate surface area is 130 Å². The fourth-order valence-corrected chi connectivity index (χ4v) is 4.37. The van der Waals surface area contributed by atoms with Crippen molar-refractivity contribution in [3.05, 3.63) is 0 Å². The maximum absolute atomic E-state index is 5.69. The van der Waals surface area contributed by atoms with Crippen LogP contribution in [0.2, 0.25) is 0 Å². The first-order chi connectivity index (χ1) is 10.3. The minimum Gasteiger partial charge on any atom is -0.381 e. The summed E-state index contributed by atoms with van der Waals surface area (Å²) in [5.74, 6) is 1.63. The summed E-state index contributed by atoms with van der Waals surface area (Å²) in [5, 5.41) is 3.49. The lowest BCUT2D eigenvalue weighted by atomic mass is 9.92. The second kappa shape index (κ2) is 7.91. The van der Waals surface area contributed by atoms with Crippen molar-refractivity contribution in [3.8, 4) is 0 Å². The normalized spacial score (nSPS) is 33.6. The fraction of sp³-hybridized carbons (Fsp3) is 1.00. The van der Waals surface area contributed by atoms with Gasteiger partial charge >= 0.3 is 0 Å². The van der Waals surface area contributed by atoms with Gasteiger partial charge in [0.15, 0.2) is 0 Å². The molecule has 0 saturated carbocycles. The molecule has 0 radical (unpaired) electrons. The predicted octanol–water partition coefficient (Wildman–Crippen LogP) is 1.42. The van der Waals surface area contributed by atoms with E-state index in [0.29, 0.717) is 12.0 Å². The van der Waals surface area contributed by atoms with Gasteiger partial charge in [-0.1, -0.05) is 0 Å². The molecule has 0 spiro atoms. The molecule has 0 bridgehead atoms. The van der Waals surface area contributed by atoms with Gasteiger partial charge in [0, 0.05) is 31.7 Å². The van der Waals surface area contributed by atoms with E-state index in [1.54, 1.807) is 0 Å². The topological polar surface area (TPSA) is 27.7 Å². The quantitative estimate of drug-likeness (QED) is 0.830. The number of nitrogens with one attached hydrogen (secondary N) is 1. The van der Waals surface area contributed by atoms with E-state index >= 15 is 0 Å². The summed E-state index contributed by atoms with van der Waals surface area (Å²) in [7, 11) is 2.10. The molecule has 0 aromatic rings. The number of hydrogen-bond acceptors (Lipinski definition) is 4. The van der Waals surface area contributed by atoms with Crippen LogP contribution >= 0.6 is 0 Å². The van der Waals surface area contributed by atoms with Crippen LogP contribution in [0.15, 0.2) is 0 Å². The van der Waals surface area contributed by atoms with Gasteiger partial charge in [0.1, 0.15) is 0 Å². The van der Waals surface area contributed by atoms with Gasteiger partial charge in [-0.2, -0.15) is 0 Å². The van der Waals surface area contributed by atoms with E-state index in [2.05, 4.69) is 22.2 Å². The molecule has 2 atom stereocenters. The van der Waals surface area contributed by atoms with Crippen LogP contribution in [0.4, 0.5) is 0 Å². The summed E-state index contributed by atoms with van der Waals surface area (Å²) in [6, 6.07) is 0.654. The third-order valence-corrected chi connectivity index (χ3v) is 5.76. The number of likely N-dealkylation sites (tertiary alicyclic amines) is 2. The highest BCUT2D eigenvalue weighted by molar-refractivity contribution is 4.84. The molecule has 3 heterocycles. The maximum atomic E-state index is 5.69. The van der Waals surface area contributed by atoms with Crippen molar-refractivity contribution in [3.63, 3.8) is 0 Å². The van der Waals surface area contributed by atoms with Crippen LogP contribution in [0.3, 0.4) is 0 Å². The summed E-state index contributed by atoms with van der Waals surface area (Å²) in [5.41, 5.74) is 0. The molecule has 4 nitrogen and oxygen atoms in total. The van der Waals surface area contributed by atoms with E-state index in [-0.39, 0.29) is 0 Å². The molecule has 3 aliphatic rings. The van der Waals surface area contributed by atoms with Gasteiger partial charge in [0.05, 0.1) is 6.61 Å². The molecular weight excluding hydrogens is 262 g/mol. The van der Waals surface area contributed by atoms with E-state index < -0.39 is 0 Å². The first kappa shape index (κ1) is 15.7. The lowest BCUT2D eigenvalue weighted by Gasteiger charge is -2.39. The average Bonchev–Trinajstić information content (AvgIpc) is 3.03. The van der Waals surface area contributed by atoms with Crippen molar-refractivity contribution in [2.75, 3.05) is 59.5 Å². The molecule has 4 heteroatoms. The molecule has 0 aromatic carbocycles. The number of piperidine rings is 1. The van der Waals surface area contributed by atoms with Crippen molar-refractivity contribution in [1.82, 2.24) is 15.1 Å². The Morgan fingerprint density at radius 1 is 0.952 bits per heavy atom. The van der Waals surface area contributed by atoms with Crippen LogP contribution in [0.25, 0.3) is 0 Å². The molecule has 122 valence electrons. The summed E-state index contributed by atoms with van der Waals surface area (Å²) in [6.07, 6.45) is 6.81. The highest BCUT2D eigenvalue weighted by Crippen LogP contribution is 2.23. The molecule has 0 amide bonds. The summed E-state index contributed by atoms with van der Waals surface area (Å²) >= 11 is 0. The largest absolute Gasteiger partial charge is 0.381 e. The van der Waals surface area contributed by atoms with Gasteiger partial charge in [-0.15, -0.1) is 0 Å². The molecule has 2 unspecified atom stereocenters. The van der Waals surface area contributed by atoms with E-state index in [1.165, 1.54) is 71.4 Å². The Morgan fingerprint density at radius 3 is 2.38 bits per heavy atom. The maximum Gasteiger partial charge on any atom is 0.0521 e. The van der Waals surface area contributed by atoms with E-state index in [0.717, 1.165) is 19.1 Å². The van der Waals surface area contributed by atoms with E-state index in [9.17, 15) is 0 Å². The summed E-state index contributed by atoms with van der Waals surface area (Å²) in [6.45, 7) is 9.75. The second-order valence-electron chi connectivity index (χ2n) is 7.27. The van der Waals surface area contributed by atoms with Gasteiger partial charge < -0.3 is 19.9 Å². The minimum atomic E-state index is 0.654.